The minimum absolute atomic E-state index is 0.248. The van der Waals surface area contributed by atoms with Crippen LogP contribution in [-0.2, 0) is 25.3 Å². The van der Waals surface area contributed by atoms with E-state index in [1.165, 1.54) is 46.9 Å². The molecule has 0 saturated carbocycles. The van der Waals surface area contributed by atoms with Crippen molar-refractivity contribution in [2.24, 2.45) is 14.1 Å². The van der Waals surface area contributed by atoms with E-state index in [0.29, 0.717) is 5.13 Å². The van der Waals surface area contributed by atoms with Gasteiger partial charge in [-0.15, -0.1) is 11.3 Å². The number of aryl methyl sites for hydroxylation is 3. The van der Waals surface area contributed by atoms with E-state index in [4.69, 9.17) is 0 Å². The molecule has 0 spiro atoms. The van der Waals surface area contributed by atoms with Gasteiger partial charge in [-0.2, -0.15) is 0 Å². The summed E-state index contributed by atoms with van der Waals surface area (Å²) in [4.78, 5) is 41.7. The van der Waals surface area contributed by atoms with Crippen molar-refractivity contribution < 1.29 is 4.79 Å². The summed E-state index contributed by atoms with van der Waals surface area (Å²) in [6, 6.07) is 8.31. The fraction of sp³-hybridized carbons (Fsp3) is 0.273. The Bertz CT molecular complexity index is 1220. The number of rotatable bonds is 6. The maximum absolute atomic E-state index is 12.3. The number of aromatic nitrogens is 3. The first-order valence-electron chi connectivity index (χ1n) is 9.62. The zero-order chi connectivity index (χ0) is 21.8. The monoisotopic (exact) mass is 424 g/mol. The molecule has 1 amide bonds. The maximum Gasteiger partial charge on any atom is 0.330 e. The molecule has 156 valence electrons. The number of benzene rings is 1. The van der Waals surface area contributed by atoms with Crippen LogP contribution in [-0.4, -0.2) is 20.0 Å². The minimum Gasteiger partial charge on any atom is -0.303 e. The van der Waals surface area contributed by atoms with Crippen LogP contribution in [0.15, 0.2) is 46.1 Å². The Morgan fingerprint density at radius 3 is 2.57 bits per heavy atom. The van der Waals surface area contributed by atoms with Crippen molar-refractivity contribution in [3.63, 3.8) is 0 Å². The lowest BCUT2D eigenvalue weighted by Gasteiger charge is -2.03. The second kappa shape index (κ2) is 9.04. The molecule has 30 heavy (non-hydrogen) atoms. The summed E-state index contributed by atoms with van der Waals surface area (Å²) in [5.74, 6) is -0.399. The second-order valence-electron chi connectivity index (χ2n) is 7.04. The normalized spacial score (nSPS) is 11.2. The molecule has 3 rings (SSSR count). The average Bonchev–Trinajstić information content (AvgIpc) is 3.08. The Kier molecular flexibility index (Phi) is 6.47. The summed E-state index contributed by atoms with van der Waals surface area (Å²) >= 11 is 1.40. The van der Waals surface area contributed by atoms with Crippen LogP contribution in [0.2, 0.25) is 0 Å². The molecule has 0 saturated heterocycles. The van der Waals surface area contributed by atoms with Crippen molar-refractivity contribution >= 4 is 28.5 Å². The van der Waals surface area contributed by atoms with E-state index in [1.807, 2.05) is 19.1 Å². The van der Waals surface area contributed by atoms with E-state index in [2.05, 4.69) is 29.4 Å². The van der Waals surface area contributed by atoms with Gasteiger partial charge < -0.3 is 4.57 Å². The highest BCUT2D eigenvalue weighted by Crippen LogP contribution is 2.30. The summed E-state index contributed by atoms with van der Waals surface area (Å²) in [7, 11) is 2.95. The Morgan fingerprint density at radius 1 is 1.20 bits per heavy atom. The first-order chi connectivity index (χ1) is 14.3. The molecule has 0 aliphatic rings. The summed E-state index contributed by atoms with van der Waals surface area (Å²) in [5, 5.41) is 3.23. The van der Waals surface area contributed by atoms with Gasteiger partial charge in [-0.3, -0.25) is 19.5 Å². The number of hydrogen-bond acceptors (Lipinski definition) is 5. The highest BCUT2D eigenvalue weighted by Gasteiger charge is 2.12. The summed E-state index contributed by atoms with van der Waals surface area (Å²) in [5.41, 5.74) is 2.51. The van der Waals surface area contributed by atoms with E-state index in [9.17, 15) is 14.4 Å². The van der Waals surface area contributed by atoms with E-state index in [-0.39, 0.29) is 5.56 Å². The number of hydrogen-bond donors (Lipinski definition) is 1. The molecule has 0 bridgehead atoms. The maximum atomic E-state index is 12.3. The fourth-order valence-corrected chi connectivity index (χ4v) is 3.94. The van der Waals surface area contributed by atoms with Gasteiger partial charge >= 0.3 is 5.69 Å². The molecular weight excluding hydrogens is 400 g/mol. The molecule has 0 atom stereocenters. The van der Waals surface area contributed by atoms with Crippen molar-refractivity contribution in [2.75, 3.05) is 5.32 Å². The molecule has 0 aliphatic heterocycles. The second-order valence-corrected chi connectivity index (χ2v) is 8.24. The third kappa shape index (κ3) is 4.65. The molecule has 0 radical (unpaired) electrons. The van der Waals surface area contributed by atoms with Gasteiger partial charge in [-0.1, -0.05) is 37.6 Å². The van der Waals surface area contributed by atoms with E-state index in [0.717, 1.165) is 33.5 Å². The predicted octanol–water partition coefficient (Wildman–Crippen LogP) is 3.12. The van der Waals surface area contributed by atoms with Crippen molar-refractivity contribution in [3.8, 4) is 11.3 Å². The van der Waals surface area contributed by atoms with Crippen LogP contribution >= 0.6 is 11.3 Å². The van der Waals surface area contributed by atoms with Crippen LogP contribution in [0, 0.1) is 6.92 Å². The van der Waals surface area contributed by atoms with E-state index in [1.54, 1.807) is 7.05 Å². The van der Waals surface area contributed by atoms with Crippen LogP contribution < -0.4 is 16.6 Å². The average molecular weight is 425 g/mol. The molecule has 3 aromatic rings. The largest absolute Gasteiger partial charge is 0.330 e. The highest BCUT2D eigenvalue weighted by molar-refractivity contribution is 7.16. The van der Waals surface area contributed by atoms with Gasteiger partial charge in [0.1, 0.15) is 0 Å². The molecule has 1 aromatic carbocycles. The molecule has 2 heterocycles. The summed E-state index contributed by atoms with van der Waals surface area (Å²) in [6.07, 6.45) is 6.21. The highest BCUT2D eigenvalue weighted by atomic mass is 32.1. The minimum atomic E-state index is -0.457. The van der Waals surface area contributed by atoms with Crippen LogP contribution in [0.4, 0.5) is 5.13 Å². The van der Waals surface area contributed by atoms with Gasteiger partial charge in [0.05, 0.1) is 11.3 Å². The lowest BCUT2D eigenvalue weighted by atomic mass is 10.1. The van der Waals surface area contributed by atoms with Crippen LogP contribution in [0.5, 0.6) is 0 Å². The van der Waals surface area contributed by atoms with Crippen molar-refractivity contribution in [1.82, 2.24) is 14.1 Å². The van der Waals surface area contributed by atoms with E-state index >= 15 is 0 Å². The number of carbonyl (C=O) groups is 1. The third-order valence-electron chi connectivity index (χ3n) is 4.68. The van der Waals surface area contributed by atoms with Gasteiger partial charge in [0.25, 0.3) is 5.56 Å². The van der Waals surface area contributed by atoms with Gasteiger partial charge in [0, 0.05) is 36.8 Å². The Hall–Kier alpha value is -3.26. The first kappa shape index (κ1) is 21.4. The molecular formula is C22H24N4O3S. The molecule has 0 aliphatic carbocycles. The fourth-order valence-electron chi connectivity index (χ4n) is 3.10. The van der Waals surface area contributed by atoms with E-state index < -0.39 is 17.2 Å². The predicted molar refractivity (Wildman–Crippen MR) is 121 cm³/mol. The lowest BCUT2D eigenvalue weighted by molar-refractivity contribution is -0.111. The van der Waals surface area contributed by atoms with Crippen molar-refractivity contribution in [1.29, 1.82) is 0 Å². The lowest BCUT2D eigenvalue weighted by Crippen LogP contribution is -2.37. The zero-order valence-corrected chi connectivity index (χ0v) is 18.2. The van der Waals surface area contributed by atoms with Gasteiger partial charge in [0.15, 0.2) is 5.13 Å². The zero-order valence-electron chi connectivity index (χ0n) is 17.4. The molecule has 1 N–H and O–H groups in total. The SMILES string of the molecule is CCCc1ccc(-c2nc(NC(=O)/C=C/c3cn(C)c(=O)n(C)c3=O)sc2C)cc1. The number of carbonyl (C=O) groups excluding carboxylic acids is 1. The summed E-state index contributed by atoms with van der Waals surface area (Å²) < 4.78 is 2.29. The summed E-state index contributed by atoms with van der Waals surface area (Å²) in [6.45, 7) is 4.12. The third-order valence-corrected chi connectivity index (χ3v) is 5.57. The topological polar surface area (TPSA) is 86.0 Å². The van der Waals surface area contributed by atoms with Gasteiger partial charge in [0.2, 0.25) is 5.91 Å². The van der Waals surface area contributed by atoms with Crippen molar-refractivity contribution in [3.05, 3.63) is 73.4 Å². The first-order valence-corrected chi connectivity index (χ1v) is 10.4. The van der Waals surface area contributed by atoms with Gasteiger partial charge in [-0.25, -0.2) is 9.78 Å². The Morgan fingerprint density at radius 2 is 1.90 bits per heavy atom. The standard InChI is InChI=1S/C22H24N4O3S/c1-5-6-15-7-9-16(10-8-15)19-14(2)30-21(24-19)23-18(27)12-11-17-13-25(3)22(29)26(4)20(17)28/h7-13H,5-6H2,1-4H3,(H,23,24,27)/b12-11+. The number of thiazole rings is 1. The Balaban J connectivity index is 1.75. The number of nitrogens with zero attached hydrogens (tertiary/aromatic N) is 3. The van der Waals surface area contributed by atoms with Crippen molar-refractivity contribution in [2.45, 2.75) is 26.7 Å². The number of nitrogens with one attached hydrogen (secondary N) is 1. The molecule has 2 aromatic heterocycles. The molecule has 8 heteroatoms. The smallest absolute Gasteiger partial charge is 0.303 e. The molecule has 0 fully saturated rings. The molecule has 0 unspecified atom stereocenters. The van der Waals surface area contributed by atoms with Crippen LogP contribution in [0.3, 0.4) is 0 Å². The Labute approximate surface area is 178 Å². The molecule has 7 nitrogen and oxygen atoms in total. The van der Waals surface area contributed by atoms with Gasteiger partial charge in [-0.05, 0) is 25.0 Å². The number of anilines is 1. The van der Waals surface area contributed by atoms with Crippen LogP contribution in [0.25, 0.3) is 17.3 Å². The van der Waals surface area contributed by atoms with Crippen LogP contribution in [0.1, 0.15) is 29.3 Å². The number of amides is 1. The quantitative estimate of drug-likeness (QED) is 0.616.